The molecule has 170 valence electrons. The monoisotopic (exact) mass is 484 g/mol. The molecule has 0 bridgehead atoms. The lowest BCUT2D eigenvalue weighted by molar-refractivity contribution is -0.116. The predicted molar refractivity (Wildman–Crippen MR) is 113 cm³/mol. The van der Waals surface area contributed by atoms with Crippen molar-refractivity contribution in [3.05, 3.63) is 51.4 Å². The normalized spacial score (nSPS) is 15.2. The fourth-order valence-electron chi connectivity index (χ4n) is 3.39. The molecule has 3 heterocycles. The van der Waals surface area contributed by atoms with Crippen LogP contribution in [0.15, 0.2) is 34.2 Å². The van der Waals surface area contributed by atoms with Crippen molar-refractivity contribution in [2.45, 2.75) is 18.4 Å². The lowest BCUT2D eigenvalue weighted by atomic mass is 10.3. The van der Waals surface area contributed by atoms with Crippen LogP contribution in [0.4, 0.5) is 14.5 Å². The third kappa shape index (κ3) is 4.16. The largest absolute Gasteiger partial charge is 0.379 e. The molecule has 3 aromatic rings. The van der Waals surface area contributed by atoms with Gasteiger partial charge in [-0.05, 0) is 19.1 Å². The number of anilines is 1. The number of aryl methyl sites for hydroxylation is 1. The molecule has 1 saturated heterocycles. The zero-order valence-electron chi connectivity index (χ0n) is 16.8. The van der Waals surface area contributed by atoms with Gasteiger partial charge in [0, 0.05) is 24.0 Å². The maximum absolute atomic E-state index is 13.8. The molecule has 0 aliphatic carbocycles. The Balaban J connectivity index is 1.68. The maximum Gasteiger partial charge on any atom is 0.263 e. The van der Waals surface area contributed by atoms with Crippen molar-refractivity contribution in [2.75, 3.05) is 31.6 Å². The number of benzene rings is 1. The molecule has 9 nitrogen and oxygen atoms in total. The molecule has 0 unspecified atom stereocenters. The van der Waals surface area contributed by atoms with Gasteiger partial charge in [-0.2, -0.15) is 4.31 Å². The maximum atomic E-state index is 13.8. The molecule has 1 aromatic carbocycles. The molecule has 1 amide bonds. The molecule has 1 fully saturated rings. The van der Waals surface area contributed by atoms with Gasteiger partial charge < -0.3 is 10.1 Å². The van der Waals surface area contributed by atoms with Crippen LogP contribution in [0.25, 0.3) is 10.2 Å². The number of halogens is 2. The highest BCUT2D eigenvalue weighted by molar-refractivity contribution is 7.89. The van der Waals surface area contributed by atoms with Crippen LogP contribution in [0, 0.1) is 18.6 Å². The van der Waals surface area contributed by atoms with Crippen molar-refractivity contribution >= 4 is 43.2 Å². The number of nitrogens with zero attached hydrogens (tertiary/aromatic N) is 3. The smallest absolute Gasteiger partial charge is 0.263 e. The molecule has 1 aliphatic heterocycles. The van der Waals surface area contributed by atoms with E-state index in [1.807, 2.05) is 0 Å². The van der Waals surface area contributed by atoms with Crippen LogP contribution in [0.1, 0.15) is 4.88 Å². The minimum atomic E-state index is -3.98. The summed E-state index contributed by atoms with van der Waals surface area (Å²) in [6.45, 7) is 1.89. The van der Waals surface area contributed by atoms with E-state index in [4.69, 9.17) is 4.74 Å². The Morgan fingerprint density at radius 2 is 2.00 bits per heavy atom. The van der Waals surface area contributed by atoms with Gasteiger partial charge in [0.15, 0.2) is 0 Å². The number of rotatable bonds is 5. The molecule has 0 saturated carbocycles. The van der Waals surface area contributed by atoms with Gasteiger partial charge in [0.2, 0.25) is 15.9 Å². The molecule has 2 aromatic heterocycles. The van der Waals surface area contributed by atoms with E-state index in [-0.39, 0.29) is 47.1 Å². The zero-order valence-corrected chi connectivity index (χ0v) is 18.4. The first-order chi connectivity index (χ1) is 15.2. The van der Waals surface area contributed by atoms with Crippen LogP contribution in [0.3, 0.4) is 0 Å². The third-order valence-corrected chi connectivity index (χ3v) is 8.10. The lowest BCUT2D eigenvalue weighted by Gasteiger charge is -2.26. The Morgan fingerprint density at radius 3 is 2.69 bits per heavy atom. The Morgan fingerprint density at radius 1 is 1.28 bits per heavy atom. The van der Waals surface area contributed by atoms with Crippen molar-refractivity contribution in [3.63, 3.8) is 0 Å². The number of amides is 1. The van der Waals surface area contributed by atoms with Gasteiger partial charge in [-0.25, -0.2) is 22.2 Å². The lowest BCUT2D eigenvalue weighted by Crippen LogP contribution is -2.41. The Hall–Kier alpha value is -2.74. The topological polar surface area (TPSA) is 111 Å². The van der Waals surface area contributed by atoms with Gasteiger partial charge in [0.05, 0.1) is 30.6 Å². The molecule has 1 N–H and O–H groups in total. The standard InChI is InChI=1S/C19H18F2N4O5S2/c1-11-17(32(28,29)25-4-6-30-7-5-25)16-18(31-11)22-10-24(19(16)27)9-15(26)23-14-3-2-12(20)8-13(14)21/h2-3,8,10H,4-7,9H2,1H3,(H,23,26). The van der Waals surface area contributed by atoms with Gasteiger partial charge in [-0.3, -0.25) is 14.2 Å². The number of morpholine rings is 1. The summed E-state index contributed by atoms with van der Waals surface area (Å²) < 4.78 is 60.7. The summed E-state index contributed by atoms with van der Waals surface area (Å²) in [7, 11) is -3.98. The van der Waals surface area contributed by atoms with Crippen LogP contribution in [-0.2, 0) is 26.1 Å². The van der Waals surface area contributed by atoms with E-state index < -0.39 is 39.7 Å². The van der Waals surface area contributed by atoms with Crippen LogP contribution in [0.5, 0.6) is 0 Å². The second-order valence-electron chi connectivity index (χ2n) is 7.03. The highest BCUT2D eigenvalue weighted by atomic mass is 32.2. The molecular formula is C19H18F2N4O5S2. The van der Waals surface area contributed by atoms with E-state index >= 15 is 0 Å². The van der Waals surface area contributed by atoms with Gasteiger partial charge >= 0.3 is 0 Å². The quantitative estimate of drug-likeness (QED) is 0.590. The van der Waals surface area contributed by atoms with Crippen molar-refractivity contribution < 1.29 is 26.7 Å². The second kappa shape index (κ2) is 8.65. The van der Waals surface area contributed by atoms with E-state index in [0.717, 1.165) is 34.4 Å². The van der Waals surface area contributed by atoms with E-state index in [2.05, 4.69) is 10.3 Å². The molecule has 32 heavy (non-hydrogen) atoms. The number of nitrogens with one attached hydrogen (secondary N) is 1. The van der Waals surface area contributed by atoms with E-state index in [0.29, 0.717) is 10.9 Å². The van der Waals surface area contributed by atoms with Crippen molar-refractivity contribution in [2.24, 2.45) is 0 Å². The minimum Gasteiger partial charge on any atom is -0.379 e. The van der Waals surface area contributed by atoms with Crippen molar-refractivity contribution in [1.82, 2.24) is 13.9 Å². The molecule has 0 radical (unpaired) electrons. The fraction of sp³-hybridized carbons (Fsp3) is 0.316. The predicted octanol–water partition coefficient (Wildman–Crippen LogP) is 1.70. The number of sulfonamides is 1. The third-order valence-electron chi connectivity index (χ3n) is 4.89. The van der Waals surface area contributed by atoms with Crippen molar-refractivity contribution in [1.29, 1.82) is 0 Å². The Labute approximate surface area is 185 Å². The molecule has 0 atom stereocenters. The van der Waals surface area contributed by atoms with E-state index in [9.17, 15) is 26.8 Å². The minimum absolute atomic E-state index is 0.0951. The first kappa shape index (κ1) is 22.5. The van der Waals surface area contributed by atoms with Gasteiger partial charge in [-0.15, -0.1) is 11.3 Å². The number of ether oxygens (including phenoxy) is 1. The van der Waals surface area contributed by atoms with Crippen molar-refractivity contribution in [3.8, 4) is 0 Å². The van der Waals surface area contributed by atoms with Crippen LogP contribution >= 0.6 is 11.3 Å². The van der Waals surface area contributed by atoms with Gasteiger partial charge in [0.25, 0.3) is 5.56 Å². The number of hydrogen-bond donors (Lipinski definition) is 1. The van der Waals surface area contributed by atoms with Crippen LogP contribution in [0.2, 0.25) is 0 Å². The number of carbonyl (C=O) groups excluding carboxylic acids is 1. The summed E-state index contributed by atoms with van der Waals surface area (Å²) in [5.41, 5.74) is -0.957. The number of thiophene rings is 1. The van der Waals surface area contributed by atoms with Crippen LogP contribution in [-0.4, -0.2) is 54.5 Å². The first-order valence-corrected chi connectivity index (χ1v) is 11.8. The highest BCUT2D eigenvalue weighted by Gasteiger charge is 2.32. The summed E-state index contributed by atoms with van der Waals surface area (Å²) >= 11 is 1.07. The summed E-state index contributed by atoms with van der Waals surface area (Å²) in [5, 5.41) is 2.16. The molecule has 4 rings (SSSR count). The summed E-state index contributed by atoms with van der Waals surface area (Å²) in [4.78, 5) is 30.1. The van der Waals surface area contributed by atoms with Crippen LogP contribution < -0.4 is 10.9 Å². The van der Waals surface area contributed by atoms with E-state index in [1.165, 1.54) is 4.31 Å². The number of aromatic nitrogens is 2. The van der Waals surface area contributed by atoms with Gasteiger partial charge in [-0.1, -0.05) is 0 Å². The summed E-state index contributed by atoms with van der Waals surface area (Å²) in [5.74, 6) is -2.52. The first-order valence-electron chi connectivity index (χ1n) is 9.50. The van der Waals surface area contributed by atoms with Gasteiger partial charge in [0.1, 0.15) is 27.9 Å². The number of hydrogen-bond acceptors (Lipinski definition) is 7. The Bertz CT molecular complexity index is 1360. The fourth-order valence-corrected chi connectivity index (χ4v) is 6.46. The number of fused-ring (bicyclic) bond motifs is 1. The SMILES string of the molecule is Cc1sc2ncn(CC(=O)Nc3ccc(F)cc3F)c(=O)c2c1S(=O)(=O)N1CCOCC1. The number of carbonyl (C=O) groups is 1. The second-order valence-corrected chi connectivity index (χ2v) is 10.1. The summed E-state index contributed by atoms with van der Waals surface area (Å²) in [6, 6.07) is 2.66. The average molecular weight is 485 g/mol. The highest BCUT2D eigenvalue weighted by Crippen LogP contribution is 2.33. The molecule has 0 spiro atoms. The van der Waals surface area contributed by atoms with E-state index in [1.54, 1.807) is 6.92 Å². The summed E-state index contributed by atoms with van der Waals surface area (Å²) in [6.07, 6.45) is 1.13. The Kier molecular flexibility index (Phi) is 6.07. The molecule has 13 heteroatoms. The molecular weight excluding hydrogens is 466 g/mol. The average Bonchev–Trinajstić information content (AvgIpc) is 3.10. The zero-order chi connectivity index (χ0) is 23.0. The molecule has 1 aliphatic rings.